The van der Waals surface area contributed by atoms with Gasteiger partial charge in [0, 0.05) is 43.3 Å². The molecule has 28 heavy (non-hydrogen) atoms. The van der Waals surface area contributed by atoms with Crippen molar-refractivity contribution in [1.29, 1.82) is 0 Å². The Bertz CT molecular complexity index is 622. The van der Waals surface area contributed by atoms with Crippen LogP contribution in [-0.4, -0.2) is 40.6 Å². The molecule has 0 aliphatic heterocycles. The van der Waals surface area contributed by atoms with Gasteiger partial charge in [-0.3, -0.25) is 4.84 Å². The van der Waals surface area contributed by atoms with E-state index in [-0.39, 0.29) is 6.42 Å². The molecule has 9 nitrogen and oxygen atoms in total. The van der Waals surface area contributed by atoms with Crippen LogP contribution in [0.3, 0.4) is 0 Å². The minimum Gasteiger partial charge on any atom is -0.374 e. The van der Waals surface area contributed by atoms with Crippen molar-refractivity contribution >= 4 is 26.5 Å². The number of carbonyl (C=O) groups excluding carboxylic acids is 2. The Morgan fingerprint density at radius 3 is 2.04 bits per heavy atom. The second-order valence-electron chi connectivity index (χ2n) is 5.61. The number of carbonyl (C=O) groups is 2. The third-order valence-electron chi connectivity index (χ3n) is 3.58. The predicted octanol–water partition coefficient (Wildman–Crippen LogP) is 4.13. The van der Waals surface area contributed by atoms with Crippen molar-refractivity contribution in [3.05, 3.63) is 29.8 Å². The fourth-order valence-corrected chi connectivity index (χ4v) is 4.97. The van der Waals surface area contributed by atoms with Gasteiger partial charge in [-0.1, -0.05) is 24.2 Å². The molecule has 1 N–H and O–H groups in total. The maximum absolute atomic E-state index is 11.6. The van der Waals surface area contributed by atoms with Crippen molar-refractivity contribution in [2.24, 2.45) is 10.4 Å². The Morgan fingerprint density at radius 1 is 0.964 bits per heavy atom. The fraction of sp³-hybridized carbons (Fsp3) is 0.556. The van der Waals surface area contributed by atoms with Gasteiger partial charge in [0.2, 0.25) is 0 Å². The molecule has 0 aromatic heterocycles. The van der Waals surface area contributed by atoms with Crippen LogP contribution in [0, 0.1) is 0 Å². The van der Waals surface area contributed by atoms with Gasteiger partial charge in [0.05, 0.1) is 0 Å². The van der Waals surface area contributed by atoms with E-state index in [9.17, 15) is 9.59 Å². The van der Waals surface area contributed by atoms with Crippen LogP contribution in [0.1, 0.15) is 39.7 Å². The summed E-state index contributed by atoms with van der Waals surface area (Å²) in [6.07, 6.45) is 0.884. The van der Waals surface area contributed by atoms with Crippen LogP contribution in [0.4, 0.5) is 10.5 Å². The fourth-order valence-electron chi connectivity index (χ4n) is 2.37. The predicted molar refractivity (Wildman–Crippen MR) is 106 cm³/mol. The zero-order valence-corrected chi connectivity index (χ0v) is 17.9. The summed E-state index contributed by atoms with van der Waals surface area (Å²) < 4.78 is 17.5. The maximum Gasteiger partial charge on any atom is 0.501 e. The second-order valence-corrected chi connectivity index (χ2v) is 8.34. The van der Waals surface area contributed by atoms with E-state index in [1.54, 1.807) is 19.1 Å². The average molecular weight is 412 g/mol. The number of hydrogen-bond donors (Lipinski definition) is 1. The first-order chi connectivity index (χ1) is 13.5. The Hall–Kier alpha value is -2.14. The lowest BCUT2D eigenvalue weighted by Gasteiger charge is -2.28. The van der Waals surface area contributed by atoms with E-state index in [1.807, 2.05) is 32.9 Å². The highest BCUT2D eigenvalue weighted by molar-refractivity contribution is 6.60. The summed E-state index contributed by atoms with van der Waals surface area (Å²) in [7, 11) is -2.68. The highest BCUT2D eigenvalue weighted by Gasteiger charge is 2.39. The van der Waals surface area contributed by atoms with Crippen molar-refractivity contribution in [2.45, 2.75) is 46.6 Å². The van der Waals surface area contributed by atoms with Crippen molar-refractivity contribution in [3.8, 4) is 0 Å². The zero-order valence-electron chi connectivity index (χ0n) is 16.9. The number of aryl methyl sites for hydroxylation is 1. The molecule has 10 heteroatoms. The van der Waals surface area contributed by atoms with Crippen molar-refractivity contribution in [2.75, 3.05) is 25.1 Å². The number of rotatable bonds is 12. The molecular weight excluding hydrogens is 382 g/mol. The summed E-state index contributed by atoms with van der Waals surface area (Å²) in [5.41, 5.74) is 1.62. The van der Waals surface area contributed by atoms with Crippen LogP contribution >= 0.6 is 0 Å². The first-order valence-corrected chi connectivity index (χ1v) is 11.3. The molecule has 0 bridgehead atoms. The summed E-state index contributed by atoms with van der Waals surface area (Å²) in [4.78, 5) is 26.9. The second kappa shape index (κ2) is 13.1. The smallest absolute Gasteiger partial charge is 0.374 e. The molecule has 0 saturated carbocycles. The number of anilines is 1. The first-order valence-electron chi connectivity index (χ1n) is 9.41. The average Bonchev–Trinajstić information content (AvgIpc) is 2.68. The number of nitrogens with one attached hydrogen (secondary N) is 1. The maximum atomic E-state index is 11.6. The number of benzene rings is 1. The summed E-state index contributed by atoms with van der Waals surface area (Å²) in [6, 6.07) is 7.25. The van der Waals surface area contributed by atoms with Gasteiger partial charge in [0.1, 0.15) is 0 Å². The number of hydrogen-bond acceptors (Lipinski definition) is 7. The van der Waals surface area contributed by atoms with Crippen molar-refractivity contribution < 1.29 is 27.7 Å². The summed E-state index contributed by atoms with van der Waals surface area (Å²) >= 11 is 0. The van der Waals surface area contributed by atoms with E-state index in [4.69, 9.17) is 13.3 Å². The van der Waals surface area contributed by atoms with E-state index in [0.29, 0.717) is 31.6 Å². The summed E-state index contributed by atoms with van der Waals surface area (Å²) in [6.45, 7) is 9.02. The molecule has 0 aliphatic rings. The van der Waals surface area contributed by atoms with Crippen LogP contribution in [0.25, 0.3) is 0 Å². The summed E-state index contributed by atoms with van der Waals surface area (Å²) in [5, 5.41) is 8.88. The monoisotopic (exact) mass is 411 g/mol. The highest BCUT2D eigenvalue weighted by atomic mass is 28.4. The van der Waals surface area contributed by atoms with Crippen LogP contribution < -0.4 is 5.32 Å². The lowest BCUT2D eigenvalue weighted by Crippen LogP contribution is -2.46. The molecular formula is C18H29N3O6Si. The normalized spacial score (nSPS) is 11.6. The minimum atomic E-state index is -2.68. The quantitative estimate of drug-likeness (QED) is 0.315. The Morgan fingerprint density at radius 2 is 1.54 bits per heavy atom. The Balaban J connectivity index is 2.61. The van der Waals surface area contributed by atoms with E-state index in [1.165, 1.54) is 0 Å². The number of amides is 2. The largest absolute Gasteiger partial charge is 0.501 e. The van der Waals surface area contributed by atoms with E-state index in [0.717, 1.165) is 12.0 Å². The molecule has 0 atom stereocenters. The molecule has 0 radical (unpaired) electrons. The van der Waals surface area contributed by atoms with Gasteiger partial charge in [-0.2, -0.15) is 0 Å². The van der Waals surface area contributed by atoms with Crippen LogP contribution in [0.15, 0.2) is 34.7 Å². The molecule has 0 fully saturated rings. The SMILES string of the molecule is CCO[Si](CCc1ccc(NC(=O)N=NOC(=O)CC)cc1)(OCC)OCC. The third kappa shape index (κ3) is 8.70. The Kier molecular flexibility index (Phi) is 11.2. The molecule has 1 aromatic rings. The van der Waals surface area contributed by atoms with Gasteiger partial charge >= 0.3 is 20.8 Å². The number of nitrogens with zero attached hydrogens (tertiary/aromatic N) is 2. The zero-order chi connectivity index (χ0) is 20.8. The molecule has 0 heterocycles. The summed E-state index contributed by atoms with van der Waals surface area (Å²) in [5.74, 6) is -0.563. The van der Waals surface area contributed by atoms with Crippen LogP contribution in [0.5, 0.6) is 0 Å². The van der Waals surface area contributed by atoms with E-state index >= 15 is 0 Å². The molecule has 2 amide bonds. The van der Waals surface area contributed by atoms with Crippen LogP contribution in [0.2, 0.25) is 6.04 Å². The van der Waals surface area contributed by atoms with E-state index < -0.39 is 20.8 Å². The van der Waals surface area contributed by atoms with Gasteiger partial charge in [-0.05, 0) is 44.9 Å². The van der Waals surface area contributed by atoms with Crippen molar-refractivity contribution in [3.63, 3.8) is 0 Å². The van der Waals surface area contributed by atoms with Gasteiger partial charge in [0.25, 0.3) is 0 Å². The Labute approximate surface area is 166 Å². The van der Waals surface area contributed by atoms with Gasteiger partial charge < -0.3 is 18.6 Å². The molecule has 0 saturated heterocycles. The topological polar surface area (TPSA) is 108 Å². The molecule has 0 spiro atoms. The standard InChI is InChI=1S/C18H29N3O6Si/c1-5-17(22)27-21-20-18(23)19-16-11-9-15(10-12-16)13-14-28(24-6-2,25-7-3)26-8-4/h9-12H,5-8,13-14H2,1-4H3,(H,19,23). The lowest BCUT2D eigenvalue weighted by molar-refractivity contribution is -0.144. The molecule has 0 aliphatic carbocycles. The van der Waals surface area contributed by atoms with Crippen molar-refractivity contribution in [1.82, 2.24) is 0 Å². The third-order valence-corrected chi connectivity index (χ3v) is 6.63. The number of urea groups is 1. The molecule has 156 valence electrons. The molecule has 1 rings (SSSR count). The lowest BCUT2D eigenvalue weighted by atomic mass is 10.1. The molecule has 0 unspecified atom stereocenters. The van der Waals surface area contributed by atoms with Crippen LogP contribution in [-0.2, 0) is 29.3 Å². The van der Waals surface area contributed by atoms with Gasteiger partial charge in [0.15, 0.2) is 0 Å². The van der Waals surface area contributed by atoms with Gasteiger partial charge in [-0.25, -0.2) is 9.59 Å². The minimum absolute atomic E-state index is 0.155. The highest BCUT2D eigenvalue weighted by Crippen LogP contribution is 2.20. The first kappa shape index (κ1) is 23.9. The van der Waals surface area contributed by atoms with Gasteiger partial charge in [-0.15, -0.1) is 0 Å². The van der Waals surface area contributed by atoms with E-state index in [2.05, 4.69) is 20.5 Å². The molecule has 1 aromatic carbocycles.